The molecule has 0 radical (unpaired) electrons. The summed E-state index contributed by atoms with van der Waals surface area (Å²) in [6.07, 6.45) is 0. The Morgan fingerprint density at radius 2 is 1.77 bits per heavy atom. The molecule has 1 aromatic carbocycles. The summed E-state index contributed by atoms with van der Waals surface area (Å²) in [5.74, 6) is 2.31. The van der Waals surface area contributed by atoms with Crippen molar-refractivity contribution in [2.24, 2.45) is 0 Å². The van der Waals surface area contributed by atoms with E-state index in [9.17, 15) is 9.90 Å². The van der Waals surface area contributed by atoms with E-state index >= 15 is 0 Å². The largest absolute Gasteiger partial charge is 0.493 e. The highest BCUT2D eigenvalue weighted by atomic mass is 32.2. The molecule has 22 heavy (non-hydrogen) atoms. The molecule has 2 rings (SSSR count). The Labute approximate surface area is 134 Å². The monoisotopic (exact) mass is 327 g/mol. The number of benzene rings is 1. The highest BCUT2D eigenvalue weighted by molar-refractivity contribution is 7.99. The smallest absolute Gasteiger partial charge is 0.325 e. The van der Waals surface area contributed by atoms with Gasteiger partial charge in [0, 0.05) is 30.2 Å². The number of carboxylic acids is 1. The van der Waals surface area contributed by atoms with Crippen LogP contribution in [0.1, 0.15) is 11.6 Å². The standard InChI is InChI=1S/C15H21NO5S/c1-19-11-5-4-10(13(20-2)14(11)21-3)12(15(17)18)16-6-8-22-9-7-16/h4-5,12H,6-9H2,1-3H3,(H,17,18)/t12-/m0/s1. The van der Waals surface area contributed by atoms with Crippen molar-refractivity contribution in [3.63, 3.8) is 0 Å². The van der Waals surface area contributed by atoms with Gasteiger partial charge in [0.15, 0.2) is 11.5 Å². The highest BCUT2D eigenvalue weighted by Crippen LogP contribution is 2.43. The fourth-order valence-corrected chi connectivity index (χ4v) is 3.59. The summed E-state index contributed by atoms with van der Waals surface area (Å²) in [5.41, 5.74) is 0.583. The van der Waals surface area contributed by atoms with Gasteiger partial charge in [0.25, 0.3) is 0 Å². The van der Waals surface area contributed by atoms with Crippen molar-refractivity contribution in [1.29, 1.82) is 0 Å². The van der Waals surface area contributed by atoms with Gasteiger partial charge in [0.1, 0.15) is 6.04 Å². The Bertz CT molecular complexity index is 531. The normalized spacial score (nSPS) is 16.9. The molecule has 1 aliphatic heterocycles. The topological polar surface area (TPSA) is 68.2 Å². The van der Waals surface area contributed by atoms with Gasteiger partial charge in [-0.1, -0.05) is 0 Å². The van der Waals surface area contributed by atoms with E-state index in [0.29, 0.717) is 22.8 Å². The molecule has 122 valence electrons. The lowest BCUT2D eigenvalue weighted by molar-refractivity contribution is -0.143. The SMILES string of the molecule is COc1ccc([C@@H](C(=O)O)N2CCSCC2)c(OC)c1OC. The summed E-state index contributed by atoms with van der Waals surface area (Å²) in [6, 6.07) is 2.70. The lowest BCUT2D eigenvalue weighted by Crippen LogP contribution is -2.40. The van der Waals surface area contributed by atoms with Crippen LogP contribution in [0.4, 0.5) is 0 Å². The van der Waals surface area contributed by atoms with Gasteiger partial charge in [-0.05, 0) is 12.1 Å². The van der Waals surface area contributed by atoms with E-state index in [1.165, 1.54) is 21.3 Å². The first-order chi connectivity index (χ1) is 10.6. The molecule has 1 aliphatic rings. The molecule has 7 heteroatoms. The predicted octanol–water partition coefficient (Wildman–Crippen LogP) is 1.89. The van der Waals surface area contributed by atoms with Gasteiger partial charge in [-0.3, -0.25) is 9.69 Å². The Hall–Kier alpha value is -1.60. The number of carboxylic acid groups (broad SMARTS) is 1. The molecule has 0 bridgehead atoms. The summed E-state index contributed by atoms with van der Waals surface area (Å²) in [5, 5.41) is 9.71. The third kappa shape index (κ3) is 3.25. The minimum atomic E-state index is -0.891. The summed E-state index contributed by atoms with van der Waals surface area (Å²) in [6.45, 7) is 1.47. The van der Waals surface area contributed by atoms with Gasteiger partial charge < -0.3 is 19.3 Å². The number of hydrogen-bond acceptors (Lipinski definition) is 6. The molecule has 0 spiro atoms. The first-order valence-electron chi connectivity index (χ1n) is 6.97. The van der Waals surface area contributed by atoms with E-state index in [1.54, 1.807) is 12.1 Å². The maximum absolute atomic E-state index is 11.8. The van der Waals surface area contributed by atoms with Crippen LogP contribution in [0.5, 0.6) is 17.2 Å². The average molecular weight is 327 g/mol. The van der Waals surface area contributed by atoms with Crippen molar-refractivity contribution in [1.82, 2.24) is 4.90 Å². The number of ether oxygens (including phenoxy) is 3. The Kier molecular flexibility index (Phi) is 5.79. The van der Waals surface area contributed by atoms with Gasteiger partial charge in [-0.2, -0.15) is 11.8 Å². The first-order valence-corrected chi connectivity index (χ1v) is 8.13. The highest BCUT2D eigenvalue weighted by Gasteiger charge is 2.33. The van der Waals surface area contributed by atoms with Crippen LogP contribution < -0.4 is 14.2 Å². The number of aliphatic carboxylic acids is 1. The molecule has 0 unspecified atom stereocenters. The first kappa shape index (κ1) is 16.8. The van der Waals surface area contributed by atoms with Gasteiger partial charge in [0.2, 0.25) is 5.75 Å². The molecule has 0 aliphatic carbocycles. The second-order valence-corrected chi connectivity index (χ2v) is 6.04. The van der Waals surface area contributed by atoms with Crippen LogP contribution in [-0.2, 0) is 4.79 Å². The van der Waals surface area contributed by atoms with Crippen molar-refractivity contribution < 1.29 is 24.1 Å². The zero-order chi connectivity index (χ0) is 16.1. The fourth-order valence-electron chi connectivity index (χ4n) is 2.66. The quantitative estimate of drug-likeness (QED) is 0.855. The van der Waals surface area contributed by atoms with Gasteiger partial charge in [-0.25, -0.2) is 0 Å². The molecule has 0 saturated carbocycles. The summed E-state index contributed by atoms with van der Waals surface area (Å²) in [4.78, 5) is 13.8. The third-order valence-electron chi connectivity index (χ3n) is 3.67. The van der Waals surface area contributed by atoms with Crippen LogP contribution in [0.15, 0.2) is 12.1 Å². The van der Waals surface area contributed by atoms with E-state index in [-0.39, 0.29) is 0 Å². The Morgan fingerprint density at radius 1 is 1.14 bits per heavy atom. The van der Waals surface area contributed by atoms with Crippen LogP contribution >= 0.6 is 11.8 Å². The number of methoxy groups -OCH3 is 3. The number of hydrogen-bond donors (Lipinski definition) is 1. The Morgan fingerprint density at radius 3 is 2.27 bits per heavy atom. The molecule has 0 amide bonds. The van der Waals surface area contributed by atoms with Crippen LogP contribution in [-0.4, -0.2) is 61.9 Å². The maximum atomic E-state index is 11.8. The fraction of sp³-hybridized carbons (Fsp3) is 0.533. The van der Waals surface area contributed by atoms with Crippen molar-refractivity contribution >= 4 is 17.7 Å². The number of rotatable bonds is 6. The van der Waals surface area contributed by atoms with E-state index in [1.807, 2.05) is 16.7 Å². The number of thioether (sulfide) groups is 1. The van der Waals surface area contributed by atoms with Crippen molar-refractivity contribution in [2.75, 3.05) is 45.9 Å². The molecule has 1 saturated heterocycles. The second kappa shape index (κ2) is 7.60. The molecule has 1 fully saturated rings. The zero-order valence-corrected chi connectivity index (χ0v) is 13.8. The summed E-state index contributed by atoms with van der Waals surface area (Å²) < 4.78 is 16.0. The van der Waals surface area contributed by atoms with E-state index in [0.717, 1.165) is 24.6 Å². The van der Waals surface area contributed by atoms with Gasteiger partial charge >= 0.3 is 5.97 Å². The van der Waals surface area contributed by atoms with E-state index in [4.69, 9.17) is 14.2 Å². The lowest BCUT2D eigenvalue weighted by Gasteiger charge is -2.32. The summed E-state index contributed by atoms with van der Waals surface area (Å²) in [7, 11) is 4.55. The second-order valence-electron chi connectivity index (χ2n) is 4.81. The molecule has 1 aromatic rings. The van der Waals surface area contributed by atoms with Crippen LogP contribution in [0, 0.1) is 0 Å². The molecule has 1 atom stereocenters. The van der Waals surface area contributed by atoms with Crippen molar-refractivity contribution in [2.45, 2.75) is 6.04 Å². The maximum Gasteiger partial charge on any atom is 0.325 e. The Balaban J connectivity index is 2.49. The van der Waals surface area contributed by atoms with Crippen LogP contribution in [0.3, 0.4) is 0 Å². The van der Waals surface area contributed by atoms with E-state index < -0.39 is 12.0 Å². The minimum absolute atomic E-state index is 0.410. The van der Waals surface area contributed by atoms with Gasteiger partial charge in [0.05, 0.1) is 21.3 Å². The van der Waals surface area contributed by atoms with Crippen LogP contribution in [0.25, 0.3) is 0 Å². The third-order valence-corrected chi connectivity index (χ3v) is 4.62. The van der Waals surface area contributed by atoms with Gasteiger partial charge in [-0.15, -0.1) is 0 Å². The van der Waals surface area contributed by atoms with Crippen molar-refractivity contribution in [3.8, 4) is 17.2 Å². The lowest BCUT2D eigenvalue weighted by atomic mass is 10.0. The molecule has 1 N–H and O–H groups in total. The van der Waals surface area contributed by atoms with E-state index in [2.05, 4.69) is 0 Å². The summed E-state index contributed by atoms with van der Waals surface area (Å²) >= 11 is 1.84. The molecule has 1 heterocycles. The van der Waals surface area contributed by atoms with Crippen LogP contribution in [0.2, 0.25) is 0 Å². The molecule has 0 aromatic heterocycles. The minimum Gasteiger partial charge on any atom is -0.493 e. The average Bonchev–Trinajstić information content (AvgIpc) is 2.55. The molecule has 6 nitrogen and oxygen atoms in total. The van der Waals surface area contributed by atoms with Crippen molar-refractivity contribution in [3.05, 3.63) is 17.7 Å². The predicted molar refractivity (Wildman–Crippen MR) is 85.4 cm³/mol. The zero-order valence-electron chi connectivity index (χ0n) is 13.0. The molecular formula is C15H21NO5S. The molecular weight excluding hydrogens is 306 g/mol. The number of nitrogens with zero attached hydrogens (tertiary/aromatic N) is 1. The number of carbonyl (C=O) groups is 1.